The third-order valence-electron chi connectivity index (χ3n) is 7.79. The van der Waals surface area contributed by atoms with Gasteiger partial charge in [0.2, 0.25) is 0 Å². The van der Waals surface area contributed by atoms with Gasteiger partial charge in [-0.25, -0.2) is 15.0 Å². The number of pyridine rings is 1. The number of hydrogen-bond donors (Lipinski definition) is 4. The van der Waals surface area contributed by atoms with Crippen molar-refractivity contribution in [1.82, 2.24) is 19.5 Å². The zero-order valence-corrected chi connectivity index (χ0v) is 19.4. The highest BCUT2D eigenvalue weighted by molar-refractivity contribution is 5.86. The van der Waals surface area contributed by atoms with Crippen LogP contribution in [-0.2, 0) is 6.42 Å². The molecule has 8 nitrogen and oxygen atoms in total. The van der Waals surface area contributed by atoms with Crippen molar-refractivity contribution >= 4 is 33.6 Å². The van der Waals surface area contributed by atoms with Gasteiger partial charge in [-0.15, -0.1) is 0 Å². The van der Waals surface area contributed by atoms with E-state index >= 15 is 0 Å². The van der Waals surface area contributed by atoms with Crippen LogP contribution in [0.3, 0.4) is 0 Å². The molecule has 6 rings (SSSR count). The number of nitrogen functional groups attached to an aromatic ring is 1. The molecule has 2 aliphatic carbocycles. The van der Waals surface area contributed by atoms with Gasteiger partial charge in [0, 0.05) is 23.0 Å². The van der Waals surface area contributed by atoms with Crippen molar-refractivity contribution in [3.63, 3.8) is 0 Å². The molecular weight excluding hydrogens is 428 g/mol. The lowest BCUT2D eigenvalue weighted by Gasteiger charge is -2.24. The molecule has 1 aromatic carbocycles. The normalized spacial score (nSPS) is 28.0. The molecule has 4 aromatic rings. The number of benzene rings is 1. The van der Waals surface area contributed by atoms with Gasteiger partial charge in [-0.3, -0.25) is 0 Å². The van der Waals surface area contributed by atoms with E-state index in [2.05, 4.69) is 53.4 Å². The number of rotatable bonds is 6. The highest BCUT2D eigenvalue weighted by Gasteiger charge is 2.70. The average Bonchev–Trinajstić information content (AvgIpc) is 3.30. The molecule has 5 atom stereocenters. The van der Waals surface area contributed by atoms with Crippen molar-refractivity contribution in [3.8, 4) is 0 Å². The fourth-order valence-electron chi connectivity index (χ4n) is 6.01. The second kappa shape index (κ2) is 7.65. The Balaban J connectivity index is 1.23. The lowest BCUT2D eigenvalue weighted by atomic mass is 9.91. The molecule has 2 aliphatic rings. The van der Waals surface area contributed by atoms with Crippen LogP contribution >= 0.6 is 0 Å². The number of hydrogen-bond acceptors (Lipinski definition) is 7. The summed E-state index contributed by atoms with van der Waals surface area (Å²) < 4.78 is 1.98. The summed E-state index contributed by atoms with van der Waals surface area (Å²) in [7, 11) is 0. The van der Waals surface area contributed by atoms with E-state index in [9.17, 15) is 10.2 Å². The number of aliphatic hydroxyl groups is 2. The summed E-state index contributed by atoms with van der Waals surface area (Å²) in [4.78, 5) is 13.2. The van der Waals surface area contributed by atoms with E-state index < -0.39 is 12.2 Å². The Kier molecular flexibility index (Phi) is 4.79. The maximum absolute atomic E-state index is 11.1. The molecule has 0 saturated heterocycles. The first-order valence-corrected chi connectivity index (χ1v) is 12.0. The van der Waals surface area contributed by atoms with Crippen LogP contribution < -0.4 is 11.1 Å². The van der Waals surface area contributed by atoms with Crippen LogP contribution in [0.5, 0.6) is 0 Å². The maximum Gasteiger partial charge on any atom is 0.145 e. The highest BCUT2D eigenvalue weighted by Crippen LogP contribution is 2.69. The second-order valence-electron chi connectivity index (χ2n) is 10.2. The highest BCUT2D eigenvalue weighted by atomic mass is 16.3. The van der Waals surface area contributed by atoms with Crippen LogP contribution in [0.25, 0.3) is 21.9 Å². The Morgan fingerprint density at radius 3 is 2.82 bits per heavy atom. The molecular formula is C26H30N6O2. The van der Waals surface area contributed by atoms with Crippen LogP contribution in [-0.4, -0.2) is 48.0 Å². The molecule has 2 fully saturated rings. The SMILES string of the molecule is CC(C)Nc1ccc2ccc(CC[C@]34CC3C(n3ccc5c(N)ncnc53)C(O)C4O)cc2n1. The van der Waals surface area contributed by atoms with E-state index in [1.807, 2.05) is 22.9 Å². The Morgan fingerprint density at radius 1 is 1.18 bits per heavy atom. The van der Waals surface area contributed by atoms with Crippen LogP contribution in [0, 0.1) is 11.3 Å². The first-order chi connectivity index (χ1) is 16.4. The maximum atomic E-state index is 11.1. The molecule has 0 radical (unpaired) electrons. The smallest absolute Gasteiger partial charge is 0.145 e. The van der Waals surface area contributed by atoms with Gasteiger partial charge >= 0.3 is 0 Å². The minimum absolute atomic E-state index is 0.199. The predicted molar refractivity (Wildman–Crippen MR) is 132 cm³/mol. The molecule has 176 valence electrons. The third kappa shape index (κ3) is 3.24. The molecule has 5 N–H and O–H groups in total. The Morgan fingerprint density at radius 2 is 2.00 bits per heavy atom. The van der Waals surface area contributed by atoms with E-state index in [0.29, 0.717) is 17.5 Å². The first-order valence-electron chi connectivity index (χ1n) is 12.0. The second-order valence-corrected chi connectivity index (χ2v) is 10.2. The summed E-state index contributed by atoms with van der Waals surface area (Å²) in [5.41, 5.74) is 8.59. The van der Waals surface area contributed by atoms with Crippen molar-refractivity contribution in [1.29, 1.82) is 0 Å². The number of aliphatic hydroxyl groups excluding tert-OH is 2. The fraction of sp³-hybridized carbons (Fsp3) is 0.423. The van der Waals surface area contributed by atoms with Gasteiger partial charge in [-0.1, -0.05) is 12.1 Å². The quantitative estimate of drug-likeness (QED) is 0.350. The average molecular weight is 459 g/mol. The predicted octanol–water partition coefficient (Wildman–Crippen LogP) is 3.30. The van der Waals surface area contributed by atoms with Gasteiger partial charge in [0.1, 0.15) is 29.7 Å². The summed E-state index contributed by atoms with van der Waals surface area (Å²) in [5.74, 6) is 1.50. The molecule has 0 aliphatic heterocycles. The molecule has 3 aromatic heterocycles. The molecule has 0 amide bonds. The van der Waals surface area contributed by atoms with Gasteiger partial charge < -0.3 is 25.8 Å². The van der Waals surface area contributed by atoms with Gasteiger partial charge in [0.25, 0.3) is 0 Å². The Hall–Kier alpha value is -3.23. The summed E-state index contributed by atoms with van der Waals surface area (Å²) in [6.45, 7) is 4.20. The number of nitrogens with one attached hydrogen (secondary N) is 1. The summed E-state index contributed by atoms with van der Waals surface area (Å²) in [6.07, 6.45) is 4.29. The van der Waals surface area contributed by atoms with Gasteiger partial charge in [0.15, 0.2) is 0 Å². The number of nitrogens with two attached hydrogens (primary N) is 1. The molecule has 2 saturated carbocycles. The van der Waals surface area contributed by atoms with E-state index in [1.165, 1.54) is 11.9 Å². The number of aryl methyl sites for hydroxylation is 1. The molecule has 3 heterocycles. The zero-order valence-electron chi connectivity index (χ0n) is 19.4. The standard InChI is InChI=1S/C26H30N6O2/c1-14(2)30-20-6-5-16-4-3-15(11-19(16)31-20)7-9-26-12-18(26)21(22(33)23(26)34)32-10-8-17-24(27)28-13-29-25(17)32/h3-6,8,10-11,13-14,18,21-23,33-34H,7,9,12H2,1-2H3,(H,30,31)(H2,27,28,29)/t18?,21?,22?,23?,26-/m0/s1. The molecule has 8 heteroatoms. The van der Waals surface area contributed by atoms with Crippen LogP contribution in [0.4, 0.5) is 11.6 Å². The van der Waals surface area contributed by atoms with E-state index in [4.69, 9.17) is 10.7 Å². The number of aromatic nitrogens is 4. The Bertz CT molecular complexity index is 1380. The Labute approximate surface area is 197 Å². The molecule has 0 bridgehead atoms. The molecule has 0 spiro atoms. The van der Waals surface area contributed by atoms with Crippen molar-refractivity contribution in [2.24, 2.45) is 11.3 Å². The number of fused-ring (bicyclic) bond motifs is 3. The van der Waals surface area contributed by atoms with Crippen LogP contribution in [0.1, 0.15) is 38.3 Å². The van der Waals surface area contributed by atoms with Crippen LogP contribution in [0.2, 0.25) is 0 Å². The molecule has 34 heavy (non-hydrogen) atoms. The summed E-state index contributed by atoms with van der Waals surface area (Å²) in [5, 5.41) is 27.3. The summed E-state index contributed by atoms with van der Waals surface area (Å²) >= 11 is 0. The van der Waals surface area contributed by atoms with Crippen molar-refractivity contribution in [2.75, 3.05) is 11.1 Å². The lowest BCUT2D eigenvalue weighted by molar-refractivity contribution is -0.0191. The zero-order chi connectivity index (χ0) is 23.6. The number of anilines is 2. The third-order valence-corrected chi connectivity index (χ3v) is 7.79. The van der Waals surface area contributed by atoms with Crippen LogP contribution in [0.15, 0.2) is 48.9 Å². The van der Waals surface area contributed by atoms with Crippen molar-refractivity contribution < 1.29 is 10.2 Å². The van der Waals surface area contributed by atoms with E-state index in [-0.39, 0.29) is 17.4 Å². The van der Waals surface area contributed by atoms with Crippen molar-refractivity contribution in [2.45, 2.75) is 57.4 Å². The monoisotopic (exact) mass is 458 g/mol. The lowest BCUT2D eigenvalue weighted by Crippen LogP contribution is -2.34. The van der Waals surface area contributed by atoms with Gasteiger partial charge in [-0.2, -0.15) is 0 Å². The van der Waals surface area contributed by atoms with Gasteiger partial charge in [-0.05, 0) is 68.9 Å². The first kappa shape index (κ1) is 21.3. The minimum Gasteiger partial charge on any atom is -0.390 e. The van der Waals surface area contributed by atoms with E-state index in [1.54, 1.807) is 0 Å². The van der Waals surface area contributed by atoms with E-state index in [0.717, 1.165) is 41.4 Å². The minimum atomic E-state index is -0.839. The summed E-state index contributed by atoms with van der Waals surface area (Å²) in [6, 6.07) is 12.5. The molecule has 4 unspecified atom stereocenters. The fourth-order valence-corrected chi connectivity index (χ4v) is 6.01. The van der Waals surface area contributed by atoms with Gasteiger partial charge in [0.05, 0.1) is 23.0 Å². The number of nitrogens with zero attached hydrogens (tertiary/aromatic N) is 4. The van der Waals surface area contributed by atoms with Crippen molar-refractivity contribution in [3.05, 3.63) is 54.5 Å². The topological polar surface area (TPSA) is 122 Å². The largest absolute Gasteiger partial charge is 0.390 e.